The van der Waals surface area contributed by atoms with Crippen molar-refractivity contribution in [2.45, 2.75) is 43.6 Å². The zero-order valence-electron chi connectivity index (χ0n) is 20.8. The van der Waals surface area contributed by atoms with Crippen LogP contribution in [0.5, 0.6) is 5.75 Å². The minimum atomic E-state index is -0.547. The maximum absolute atomic E-state index is 13.4. The van der Waals surface area contributed by atoms with Crippen LogP contribution in [0, 0.1) is 0 Å². The SMILES string of the molecule is COc1ccc(C2(C(=O)N(C)C)CC=C(N3CCC(n4c(=O)[nH]c5ccccc54)CC3)CC2)cc1. The lowest BCUT2D eigenvalue weighted by Crippen LogP contribution is -2.46. The summed E-state index contributed by atoms with van der Waals surface area (Å²) in [6.45, 7) is 1.83. The smallest absolute Gasteiger partial charge is 0.326 e. The van der Waals surface area contributed by atoms with Gasteiger partial charge in [-0.3, -0.25) is 9.36 Å². The number of H-pyrrole nitrogens is 1. The Morgan fingerprint density at radius 3 is 2.43 bits per heavy atom. The van der Waals surface area contributed by atoms with E-state index in [0.717, 1.165) is 61.1 Å². The first kappa shape index (κ1) is 23.3. The molecule has 2 aliphatic rings. The highest BCUT2D eigenvalue weighted by molar-refractivity contribution is 5.88. The fraction of sp³-hybridized carbons (Fsp3) is 0.429. The number of piperidine rings is 1. The number of aromatic amines is 1. The Bertz CT molecular complexity index is 1300. The lowest BCUT2D eigenvalue weighted by atomic mass is 9.70. The normalized spacial score (nSPS) is 21.1. The number of para-hydroxylation sites is 2. The van der Waals surface area contributed by atoms with Crippen molar-refractivity contribution in [3.8, 4) is 5.75 Å². The van der Waals surface area contributed by atoms with E-state index >= 15 is 0 Å². The molecule has 2 heterocycles. The van der Waals surface area contributed by atoms with E-state index in [0.29, 0.717) is 6.42 Å². The number of carbonyl (C=O) groups is 1. The molecule has 1 fully saturated rings. The molecule has 35 heavy (non-hydrogen) atoms. The second-order valence-corrected chi connectivity index (χ2v) is 9.95. The van der Waals surface area contributed by atoms with Crippen LogP contribution in [0.3, 0.4) is 0 Å². The number of likely N-dealkylation sites (N-methyl/N-ethyl adjacent to an activating group) is 1. The molecule has 5 rings (SSSR count). The average molecular weight is 475 g/mol. The Labute approximate surface area is 206 Å². The number of carbonyl (C=O) groups excluding carboxylic acids is 1. The van der Waals surface area contributed by atoms with Crippen LogP contribution in [0.1, 0.15) is 43.7 Å². The first-order valence-electron chi connectivity index (χ1n) is 12.4. The van der Waals surface area contributed by atoms with Crippen molar-refractivity contribution in [2.24, 2.45) is 0 Å². The van der Waals surface area contributed by atoms with Gasteiger partial charge in [0, 0.05) is 38.9 Å². The number of allylic oxidation sites excluding steroid dienone is 2. The molecule has 1 aliphatic heterocycles. The monoisotopic (exact) mass is 474 g/mol. The highest BCUT2D eigenvalue weighted by Crippen LogP contribution is 2.42. The van der Waals surface area contributed by atoms with Crippen molar-refractivity contribution < 1.29 is 9.53 Å². The van der Waals surface area contributed by atoms with Gasteiger partial charge in [-0.2, -0.15) is 0 Å². The molecule has 7 nitrogen and oxygen atoms in total. The van der Waals surface area contributed by atoms with Crippen molar-refractivity contribution in [2.75, 3.05) is 34.3 Å². The molecule has 0 radical (unpaired) electrons. The van der Waals surface area contributed by atoms with E-state index in [1.807, 2.05) is 67.2 Å². The molecule has 0 spiro atoms. The minimum Gasteiger partial charge on any atom is -0.497 e. The molecule has 1 amide bonds. The zero-order chi connectivity index (χ0) is 24.6. The van der Waals surface area contributed by atoms with E-state index in [1.165, 1.54) is 5.70 Å². The van der Waals surface area contributed by atoms with E-state index in [9.17, 15) is 9.59 Å². The zero-order valence-corrected chi connectivity index (χ0v) is 20.8. The molecule has 0 bridgehead atoms. The second kappa shape index (κ2) is 9.29. The average Bonchev–Trinajstić information content (AvgIpc) is 3.24. The van der Waals surface area contributed by atoms with E-state index < -0.39 is 5.41 Å². The highest BCUT2D eigenvalue weighted by atomic mass is 16.5. The summed E-state index contributed by atoms with van der Waals surface area (Å²) in [5.74, 6) is 0.945. The van der Waals surface area contributed by atoms with Crippen molar-refractivity contribution in [1.29, 1.82) is 0 Å². The van der Waals surface area contributed by atoms with Gasteiger partial charge in [0.1, 0.15) is 5.75 Å². The van der Waals surface area contributed by atoms with E-state index in [2.05, 4.69) is 16.0 Å². The Morgan fingerprint density at radius 2 is 1.80 bits per heavy atom. The van der Waals surface area contributed by atoms with Gasteiger partial charge in [0.2, 0.25) is 5.91 Å². The number of likely N-dealkylation sites (tertiary alicyclic amines) is 1. The summed E-state index contributed by atoms with van der Waals surface area (Å²) >= 11 is 0. The predicted octanol–water partition coefficient (Wildman–Crippen LogP) is 4.07. The van der Waals surface area contributed by atoms with Gasteiger partial charge in [0.05, 0.1) is 23.6 Å². The van der Waals surface area contributed by atoms with Crippen LogP contribution in [0.15, 0.2) is 65.1 Å². The van der Waals surface area contributed by atoms with Crippen LogP contribution in [-0.4, -0.2) is 59.6 Å². The number of nitrogens with zero attached hydrogens (tertiary/aromatic N) is 3. The summed E-state index contributed by atoms with van der Waals surface area (Å²) in [7, 11) is 5.33. The topological polar surface area (TPSA) is 70.6 Å². The Balaban J connectivity index is 1.33. The third-order valence-corrected chi connectivity index (χ3v) is 7.81. The minimum absolute atomic E-state index is 0.0204. The number of imidazole rings is 1. The molecule has 1 saturated heterocycles. The number of hydrogen-bond acceptors (Lipinski definition) is 4. The van der Waals surface area contributed by atoms with Gasteiger partial charge in [-0.15, -0.1) is 0 Å². The number of fused-ring (bicyclic) bond motifs is 1. The number of hydrogen-bond donors (Lipinski definition) is 1. The molecule has 1 N–H and O–H groups in total. The molecule has 7 heteroatoms. The van der Waals surface area contributed by atoms with Gasteiger partial charge in [-0.05, 0) is 61.9 Å². The number of benzene rings is 2. The third kappa shape index (κ3) is 4.13. The van der Waals surface area contributed by atoms with Crippen LogP contribution in [0.25, 0.3) is 11.0 Å². The van der Waals surface area contributed by atoms with Gasteiger partial charge in [0.25, 0.3) is 0 Å². The third-order valence-electron chi connectivity index (χ3n) is 7.81. The number of amides is 1. The van der Waals surface area contributed by atoms with Gasteiger partial charge in [-0.25, -0.2) is 4.79 Å². The van der Waals surface area contributed by atoms with Crippen LogP contribution >= 0.6 is 0 Å². The summed E-state index contributed by atoms with van der Waals surface area (Å²) in [6.07, 6.45) is 6.47. The number of nitrogens with one attached hydrogen (secondary N) is 1. The molecule has 0 saturated carbocycles. The largest absolute Gasteiger partial charge is 0.497 e. The molecular formula is C28H34N4O3. The molecule has 2 aromatic carbocycles. The molecule has 1 aliphatic carbocycles. The van der Waals surface area contributed by atoms with Crippen LogP contribution in [0.2, 0.25) is 0 Å². The predicted molar refractivity (Wildman–Crippen MR) is 138 cm³/mol. The van der Waals surface area contributed by atoms with Gasteiger partial charge in [0.15, 0.2) is 0 Å². The van der Waals surface area contributed by atoms with Crippen LogP contribution in [-0.2, 0) is 10.2 Å². The van der Waals surface area contributed by atoms with E-state index in [4.69, 9.17) is 4.74 Å². The van der Waals surface area contributed by atoms with Crippen LogP contribution < -0.4 is 10.4 Å². The Hall–Kier alpha value is -3.48. The molecule has 3 aromatic rings. The maximum Gasteiger partial charge on any atom is 0.326 e. The number of rotatable bonds is 5. The standard InChI is InChI=1S/C28H34N4O3/c1-30(2)26(33)28(20-8-10-23(35-3)11-9-20)16-12-21(13-17-28)31-18-14-22(15-19-31)32-25-7-5-4-6-24(25)29-27(32)34/h4-12,22H,13-19H2,1-3H3,(H,29,34). The lowest BCUT2D eigenvalue weighted by Gasteiger charge is -2.42. The summed E-state index contributed by atoms with van der Waals surface area (Å²) in [4.78, 5) is 33.2. The summed E-state index contributed by atoms with van der Waals surface area (Å²) in [5.41, 5.74) is 3.69. The lowest BCUT2D eigenvalue weighted by molar-refractivity contribution is -0.135. The number of methoxy groups -OCH3 is 1. The Kier molecular flexibility index (Phi) is 6.17. The Morgan fingerprint density at radius 1 is 1.09 bits per heavy atom. The fourth-order valence-corrected chi connectivity index (χ4v) is 5.89. The summed E-state index contributed by atoms with van der Waals surface area (Å²) in [5, 5.41) is 0. The molecule has 1 atom stereocenters. The van der Waals surface area contributed by atoms with Gasteiger partial charge in [-0.1, -0.05) is 30.3 Å². The van der Waals surface area contributed by atoms with Gasteiger partial charge >= 0.3 is 5.69 Å². The van der Waals surface area contributed by atoms with Crippen molar-refractivity contribution in [3.05, 3.63) is 76.4 Å². The summed E-state index contributed by atoms with van der Waals surface area (Å²) in [6, 6.07) is 16.1. The molecule has 1 unspecified atom stereocenters. The van der Waals surface area contributed by atoms with E-state index in [-0.39, 0.29) is 17.6 Å². The summed E-state index contributed by atoms with van der Waals surface area (Å²) < 4.78 is 7.26. The quantitative estimate of drug-likeness (QED) is 0.605. The highest BCUT2D eigenvalue weighted by Gasteiger charge is 2.43. The number of ether oxygens (including phenoxy) is 1. The van der Waals surface area contributed by atoms with Crippen molar-refractivity contribution in [3.63, 3.8) is 0 Å². The molecular weight excluding hydrogens is 440 g/mol. The molecule has 1 aromatic heterocycles. The first-order valence-corrected chi connectivity index (χ1v) is 12.4. The van der Waals surface area contributed by atoms with Crippen LogP contribution in [0.4, 0.5) is 0 Å². The fourth-order valence-electron chi connectivity index (χ4n) is 5.89. The number of aromatic nitrogens is 2. The van der Waals surface area contributed by atoms with Crippen molar-refractivity contribution >= 4 is 16.9 Å². The van der Waals surface area contributed by atoms with Crippen molar-refractivity contribution in [1.82, 2.24) is 19.4 Å². The maximum atomic E-state index is 13.4. The van der Waals surface area contributed by atoms with E-state index in [1.54, 1.807) is 12.0 Å². The first-order chi connectivity index (χ1) is 16.9. The second-order valence-electron chi connectivity index (χ2n) is 9.95. The van der Waals surface area contributed by atoms with Gasteiger partial charge < -0.3 is 19.5 Å². The molecule has 184 valence electrons.